The molecule has 1 aromatic rings. The Morgan fingerprint density at radius 3 is 2.67 bits per heavy atom. The lowest BCUT2D eigenvalue weighted by molar-refractivity contribution is -0.139. The van der Waals surface area contributed by atoms with Gasteiger partial charge in [-0.3, -0.25) is 14.6 Å². The van der Waals surface area contributed by atoms with Crippen molar-refractivity contribution in [3.05, 3.63) is 24.0 Å². The molecule has 0 aliphatic heterocycles. The van der Waals surface area contributed by atoms with E-state index in [4.69, 9.17) is 5.73 Å². The number of carbonyl (C=O) groups is 2. The normalized spacial score (nSPS) is 10.2. The van der Waals surface area contributed by atoms with Gasteiger partial charge in [0, 0.05) is 17.9 Å². The molecule has 0 atom stereocenters. The van der Waals surface area contributed by atoms with E-state index >= 15 is 0 Å². The SMILES string of the molecule is COC(=O)CN(c1ccnc(C(N)=O)c1)C(C)C. The zero-order chi connectivity index (χ0) is 13.7. The first-order valence-corrected chi connectivity index (χ1v) is 5.55. The van der Waals surface area contributed by atoms with Crippen molar-refractivity contribution in [1.29, 1.82) is 0 Å². The number of methoxy groups -OCH3 is 1. The van der Waals surface area contributed by atoms with Crippen molar-refractivity contribution in [2.24, 2.45) is 5.73 Å². The quantitative estimate of drug-likeness (QED) is 0.773. The van der Waals surface area contributed by atoms with Gasteiger partial charge in [0.2, 0.25) is 0 Å². The number of aromatic nitrogens is 1. The molecule has 1 rings (SSSR count). The van der Waals surface area contributed by atoms with Crippen molar-refractivity contribution in [1.82, 2.24) is 4.98 Å². The molecule has 2 N–H and O–H groups in total. The molecule has 0 aliphatic rings. The number of rotatable bonds is 5. The fraction of sp³-hybridized carbons (Fsp3) is 0.417. The van der Waals surface area contributed by atoms with E-state index in [1.54, 1.807) is 17.0 Å². The summed E-state index contributed by atoms with van der Waals surface area (Å²) in [6.07, 6.45) is 1.49. The highest BCUT2D eigenvalue weighted by Crippen LogP contribution is 2.17. The van der Waals surface area contributed by atoms with E-state index in [1.165, 1.54) is 13.3 Å². The Balaban J connectivity index is 3.02. The highest BCUT2D eigenvalue weighted by Gasteiger charge is 2.16. The van der Waals surface area contributed by atoms with E-state index in [-0.39, 0.29) is 24.2 Å². The van der Waals surface area contributed by atoms with Crippen LogP contribution >= 0.6 is 0 Å². The Labute approximate surface area is 106 Å². The van der Waals surface area contributed by atoms with Crippen LogP contribution in [-0.2, 0) is 9.53 Å². The molecule has 1 aromatic heterocycles. The number of amides is 1. The van der Waals surface area contributed by atoms with Crippen LogP contribution in [0.25, 0.3) is 0 Å². The molecule has 0 bridgehead atoms. The molecule has 0 unspecified atom stereocenters. The summed E-state index contributed by atoms with van der Waals surface area (Å²) < 4.78 is 4.64. The minimum atomic E-state index is -0.598. The summed E-state index contributed by atoms with van der Waals surface area (Å²) in [7, 11) is 1.34. The number of ether oxygens (including phenoxy) is 1. The Morgan fingerprint density at radius 1 is 1.50 bits per heavy atom. The van der Waals surface area contributed by atoms with Crippen molar-refractivity contribution in [3.63, 3.8) is 0 Å². The lowest BCUT2D eigenvalue weighted by atomic mass is 10.2. The third-order valence-electron chi connectivity index (χ3n) is 2.48. The van der Waals surface area contributed by atoms with Crippen LogP contribution in [0.4, 0.5) is 5.69 Å². The number of hydrogen-bond acceptors (Lipinski definition) is 5. The molecule has 1 amide bonds. The van der Waals surface area contributed by atoms with Gasteiger partial charge in [0.05, 0.1) is 7.11 Å². The van der Waals surface area contributed by atoms with Crippen LogP contribution in [0, 0.1) is 0 Å². The van der Waals surface area contributed by atoms with Gasteiger partial charge < -0.3 is 15.4 Å². The number of pyridine rings is 1. The van der Waals surface area contributed by atoms with Crippen LogP contribution in [0.15, 0.2) is 18.3 Å². The zero-order valence-corrected chi connectivity index (χ0v) is 10.7. The van der Waals surface area contributed by atoms with Gasteiger partial charge in [0.25, 0.3) is 5.91 Å². The van der Waals surface area contributed by atoms with Gasteiger partial charge in [-0.05, 0) is 26.0 Å². The first kappa shape index (κ1) is 14.0. The zero-order valence-electron chi connectivity index (χ0n) is 10.7. The third kappa shape index (κ3) is 3.44. The second-order valence-corrected chi connectivity index (χ2v) is 4.06. The molecule has 0 aliphatic carbocycles. The number of nitrogens with two attached hydrogens (primary N) is 1. The number of primary amides is 1. The van der Waals surface area contributed by atoms with Gasteiger partial charge in [-0.1, -0.05) is 0 Å². The van der Waals surface area contributed by atoms with Crippen molar-refractivity contribution in [3.8, 4) is 0 Å². The van der Waals surface area contributed by atoms with Crippen molar-refractivity contribution < 1.29 is 14.3 Å². The van der Waals surface area contributed by atoms with Crippen LogP contribution in [0.3, 0.4) is 0 Å². The van der Waals surface area contributed by atoms with Crippen LogP contribution in [0.2, 0.25) is 0 Å². The fourth-order valence-electron chi connectivity index (χ4n) is 1.51. The van der Waals surface area contributed by atoms with Gasteiger partial charge in [-0.25, -0.2) is 0 Å². The molecule has 0 radical (unpaired) electrons. The van der Waals surface area contributed by atoms with Crippen LogP contribution in [-0.4, -0.2) is 36.6 Å². The van der Waals surface area contributed by atoms with Crippen molar-refractivity contribution in [2.75, 3.05) is 18.6 Å². The summed E-state index contributed by atoms with van der Waals surface area (Å²) in [6.45, 7) is 3.98. The number of carbonyl (C=O) groups excluding carboxylic acids is 2. The summed E-state index contributed by atoms with van der Waals surface area (Å²) in [5, 5.41) is 0. The number of nitrogens with zero attached hydrogens (tertiary/aromatic N) is 2. The summed E-state index contributed by atoms with van der Waals surface area (Å²) in [6, 6.07) is 3.35. The monoisotopic (exact) mass is 251 g/mol. The van der Waals surface area contributed by atoms with Gasteiger partial charge >= 0.3 is 5.97 Å². The fourth-order valence-corrected chi connectivity index (χ4v) is 1.51. The summed E-state index contributed by atoms with van der Waals surface area (Å²) in [4.78, 5) is 28.1. The van der Waals surface area contributed by atoms with E-state index in [2.05, 4.69) is 9.72 Å². The topological polar surface area (TPSA) is 85.5 Å². The van der Waals surface area contributed by atoms with Crippen LogP contribution in [0.5, 0.6) is 0 Å². The second-order valence-electron chi connectivity index (χ2n) is 4.06. The summed E-state index contributed by atoms with van der Waals surface area (Å²) >= 11 is 0. The van der Waals surface area contributed by atoms with E-state index in [1.807, 2.05) is 13.8 Å². The maximum absolute atomic E-state index is 11.3. The summed E-state index contributed by atoms with van der Waals surface area (Å²) in [5.74, 6) is -0.945. The Bertz CT molecular complexity index is 446. The number of esters is 1. The maximum Gasteiger partial charge on any atom is 0.325 e. The molecule has 0 aromatic carbocycles. The molecule has 1 heterocycles. The maximum atomic E-state index is 11.3. The minimum Gasteiger partial charge on any atom is -0.468 e. The van der Waals surface area contributed by atoms with E-state index < -0.39 is 5.91 Å². The molecule has 98 valence electrons. The average Bonchev–Trinajstić information content (AvgIpc) is 2.35. The van der Waals surface area contributed by atoms with Crippen molar-refractivity contribution in [2.45, 2.75) is 19.9 Å². The predicted molar refractivity (Wildman–Crippen MR) is 67.3 cm³/mol. The van der Waals surface area contributed by atoms with Gasteiger partial charge in [0.15, 0.2) is 0 Å². The minimum absolute atomic E-state index is 0.0761. The molecule has 0 saturated carbocycles. The van der Waals surface area contributed by atoms with Crippen LogP contribution in [0.1, 0.15) is 24.3 Å². The highest BCUT2D eigenvalue weighted by atomic mass is 16.5. The van der Waals surface area contributed by atoms with E-state index in [9.17, 15) is 9.59 Å². The molecule has 18 heavy (non-hydrogen) atoms. The lowest BCUT2D eigenvalue weighted by Crippen LogP contribution is -2.36. The largest absolute Gasteiger partial charge is 0.468 e. The molecular formula is C12H17N3O3. The van der Waals surface area contributed by atoms with E-state index in [0.29, 0.717) is 5.69 Å². The van der Waals surface area contributed by atoms with Gasteiger partial charge in [-0.15, -0.1) is 0 Å². The molecular weight excluding hydrogens is 234 g/mol. The summed E-state index contributed by atoms with van der Waals surface area (Å²) in [5.41, 5.74) is 6.05. The Morgan fingerprint density at radius 2 is 2.17 bits per heavy atom. The molecule has 6 heteroatoms. The highest BCUT2D eigenvalue weighted by molar-refractivity contribution is 5.91. The average molecular weight is 251 g/mol. The first-order valence-electron chi connectivity index (χ1n) is 5.55. The van der Waals surface area contributed by atoms with Crippen molar-refractivity contribution >= 4 is 17.6 Å². The van der Waals surface area contributed by atoms with Gasteiger partial charge in [0.1, 0.15) is 12.2 Å². The first-order chi connectivity index (χ1) is 8.45. The molecule has 0 fully saturated rings. The molecule has 0 spiro atoms. The Hall–Kier alpha value is -2.11. The second kappa shape index (κ2) is 6.00. The Kier molecular flexibility index (Phi) is 4.65. The number of hydrogen-bond donors (Lipinski definition) is 1. The predicted octanol–water partition coefficient (Wildman–Crippen LogP) is 0.568. The van der Waals surface area contributed by atoms with Gasteiger partial charge in [-0.2, -0.15) is 0 Å². The van der Waals surface area contributed by atoms with E-state index in [0.717, 1.165) is 0 Å². The lowest BCUT2D eigenvalue weighted by Gasteiger charge is -2.27. The number of anilines is 1. The molecule has 6 nitrogen and oxygen atoms in total. The third-order valence-corrected chi connectivity index (χ3v) is 2.48. The molecule has 0 saturated heterocycles. The van der Waals surface area contributed by atoms with Crippen LogP contribution < -0.4 is 10.6 Å². The standard InChI is InChI=1S/C12H17N3O3/c1-8(2)15(7-11(16)18-3)9-4-5-14-10(6-9)12(13)17/h4-6,8H,7H2,1-3H3,(H2,13,17). The smallest absolute Gasteiger partial charge is 0.325 e.